The Morgan fingerprint density at radius 1 is 1.18 bits per heavy atom. The molecule has 0 atom stereocenters. The highest BCUT2D eigenvalue weighted by molar-refractivity contribution is 6.03. The zero-order valence-corrected chi connectivity index (χ0v) is 19.1. The first kappa shape index (κ1) is 24.0. The number of nitrogens with one attached hydrogen (secondary N) is 1. The average Bonchev–Trinajstić information content (AvgIpc) is 2.80. The van der Waals surface area contributed by atoms with E-state index in [1.165, 1.54) is 24.2 Å². The maximum absolute atomic E-state index is 13.0. The molecule has 10 nitrogen and oxygen atoms in total. The number of nitrogens with two attached hydrogens (primary N) is 1. The van der Waals surface area contributed by atoms with E-state index in [0.29, 0.717) is 35.6 Å². The van der Waals surface area contributed by atoms with E-state index in [1.54, 1.807) is 19.1 Å². The van der Waals surface area contributed by atoms with Crippen LogP contribution >= 0.6 is 0 Å². The van der Waals surface area contributed by atoms with Crippen LogP contribution in [0.3, 0.4) is 0 Å². The first-order chi connectivity index (χ1) is 15.9. The van der Waals surface area contributed by atoms with Gasteiger partial charge in [0, 0.05) is 18.8 Å². The Labute approximate surface area is 192 Å². The largest absolute Gasteiger partial charge is 0.490 e. The van der Waals surface area contributed by atoms with Crippen LogP contribution in [-0.2, 0) is 11.8 Å². The topological polar surface area (TPSA) is 133 Å². The molecule has 1 amide bonds. The predicted molar refractivity (Wildman–Crippen MR) is 129 cm³/mol. The van der Waals surface area contributed by atoms with Crippen molar-refractivity contribution >= 4 is 35.4 Å². The molecule has 0 radical (unpaired) electrons. The Kier molecular flexibility index (Phi) is 8.17. The Morgan fingerprint density at radius 2 is 1.85 bits per heavy atom. The van der Waals surface area contributed by atoms with E-state index in [0.717, 1.165) is 32.1 Å². The fourth-order valence-corrected chi connectivity index (χ4v) is 3.39. The van der Waals surface area contributed by atoms with Crippen LogP contribution in [0.25, 0.3) is 10.9 Å². The second kappa shape index (κ2) is 11.3. The summed E-state index contributed by atoms with van der Waals surface area (Å²) in [6.07, 6.45) is 7.65. The van der Waals surface area contributed by atoms with E-state index in [-0.39, 0.29) is 23.0 Å². The van der Waals surface area contributed by atoms with Crippen LogP contribution in [0, 0.1) is 0 Å². The van der Waals surface area contributed by atoms with Crippen LogP contribution in [0.15, 0.2) is 38.7 Å². The van der Waals surface area contributed by atoms with Gasteiger partial charge in [-0.1, -0.05) is 25.7 Å². The highest BCUT2D eigenvalue weighted by Crippen LogP contribution is 2.35. The molecule has 33 heavy (non-hydrogen) atoms. The van der Waals surface area contributed by atoms with E-state index < -0.39 is 5.91 Å². The Bertz CT molecular complexity index is 1150. The van der Waals surface area contributed by atoms with Gasteiger partial charge in [0.2, 0.25) is 11.9 Å². The third-order valence-corrected chi connectivity index (χ3v) is 5.34. The summed E-state index contributed by atoms with van der Waals surface area (Å²) in [6.45, 7) is 5.87. The van der Waals surface area contributed by atoms with E-state index in [4.69, 9.17) is 15.2 Å². The Balaban J connectivity index is 2.00. The third-order valence-electron chi connectivity index (χ3n) is 5.34. The minimum absolute atomic E-state index is 0.0626. The van der Waals surface area contributed by atoms with Crippen LogP contribution in [0.5, 0.6) is 11.5 Å². The van der Waals surface area contributed by atoms with Gasteiger partial charge in [-0.3, -0.25) is 19.5 Å². The van der Waals surface area contributed by atoms with Crippen molar-refractivity contribution in [1.82, 2.24) is 9.55 Å². The van der Waals surface area contributed by atoms with E-state index in [1.807, 2.05) is 0 Å². The minimum atomic E-state index is -0.491. The second-order valence-corrected chi connectivity index (χ2v) is 7.82. The monoisotopic (exact) mass is 454 g/mol. The smallest absolute Gasteiger partial charge is 0.262 e. The Morgan fingerprint density at radius 3 is 2.55 bits per heavy atom. The summed E-state index contributed by atoms with van der Waals surface area (Å²) in [5.41, 5.74) is 5.76. The zero-order chi connectivity index (χ0) is 23.8. The normalized spacial score (nSPS) is 15.9. The maximum atomic E-state index is 13.0. The lowest BCUT2D eigenvalue weighted by molar-refractivity contribution is -0.112. The quantitative estimate of drug-likeness (QED) is 0.416. The molecule has 1 aliphatic heterocycles. The standard InChI is InChI=1S/C23H30N6O4/c1-15(14-26-22(24)25-2)20(30)28-23-27-18-16(21(31)29(23)3)10-11-17-19(18)33-13-9-7-5-4-6-8-12-32-17/h10-11,14H,2,4-9,12-13H2,1,3H3,(H2,24,26)(H,27,28,30)/b15-14+. The molecule has 10 heteroatoms. The molecule has 0 aliphatic carbocycles. The van der Waals surface area contributed by atoms with Crippen molar-refractivity contribution < 1.29 is 14.3 Å². The van der Waals surface area contributed by atoms with Gasteiger partial charge in [-0.25, -0.2) is 15.0 Å². The van der Waals surface area contributed by atoms with E-state index >= 15 is 0 Å². The van der Waals surface area contributed by atoms with Crippen molar-refractivity contribution in [2.45, 2.75) is 45.4 Å². The number of benzene rings is 1. The van der Waals surface area contributed by atoms with E-state index in [2.05, 4.69) is 27.0 Å². The first-order valence-corrected chi connectivity index (χ1v) is 11.0. The third kappa shape index (κ3) is 5.97. The number of hydrogen-bond acceptors (Lipinski definition) is 6. The van der Waals surface area contributed by atoms with Crippen LogP contribution in [0.2, 0.25) is 0 Å². The molecule has 1 aromatic heterocycles. The number of aromatic nitrogens is 2. The number of aliphatic imine (C=N–C) groups is 2. The highest BCUT2D eigenvalue weighted by atomic mass is 16.5. The van der Waals surface area contributed by atoms with Gasteiger partial charge in [0.05, 0.1) is 18.6 Å². The van der Waals surface area contributed by atoms with Gasteiger partial charge in [-0.05, 0) is 38.6 Å². The molecule has 0 spiro atoms. The highest BCUT2D eigenvalue weighted by Gasteiger charge is 2.19. The number of guanidine groups is 1. The second-order valence-electron chi connectivity index (χ2n) is 7.82. The van der Waals surface area contributed by atoms with Gasteiger partial charge in [-0.15, -0.1) is 0 Å². The number of carbonyl (C=O) groups is 1. The molecule has 2 heterocycles. The van der Waals surface area contributed by atoms with Crippen molar-refractivity contribution in [3.8, 4) is 11.5 Å². The molecular weight excluding hydrogens is 424 g/mol. The molecule has 0 saturated carbocycles. The number of rotatable bonds is 3. The summed E-state index contributed by atoms with van der Waals surface area (Å²) in [5, 5.41) is 3.03. The first-order valence-electron chi connectivity index (χ1n) is 11.0. The summed E-state index contributed by atoms with van der Waals surface area (Å²) in [5.74, 6) is 0.482. The van der Waals surface area contributed by atoms with Crippen molar-refractivity contribution in [2.75, 3.05) is 18.5 Å². The van der Waals surface area contributed by atoms with Crippen LogP contribution in [-0.4, -0.2) is 41.3 Å². The van der Waals surface area contributed by atoms with Crippen LogP contribution in [0.1, 0.15) is 45.4 Å². The van der Waals surface area contributed by atoms with Gasteiger partial charge in [0.25, 0.3) is 11.5 Å². The molecule has 1 aliphatic rings. The maximum Gasteiger partial charge on any atom is 0.262 e. The number of ether oxygens (including phenoxy) is 2. The molecule has 1 aromatic carbocycles. The Hall–Kier alpha value is -3.69. The fraction of sp³-hybridized carbons (Fsp3) is 0.435. The van der Waals surface area contributed by atoms with Gasteiger partial charge in [-0.2, -0.15) is 0 Å². The molecule has 0 fully saturated rings. The van der Waals surface area contributed by atoms with Crippen molar-refractivity contribution in [3.63, 3.8) is 0 Å². The lowest BCUT2D eigenvalue weighted by Crippen LogP contribution is -2.25. The molecular formula is C23H30N6O4. The van der Waals surface area contributed by atoms with Crippen molar-refractivity contribution in [3.05, 3.63) is 34.3 Å². The summed E-state index contributed by atoms with van der Waals surface area (Å²) in [4.78, 5) is 37.5. The summed E-state index contributed by atoms with van der Waals surface area (Å²) >= 11 is 0. The van der Waals surface area contributed by atoms with Crippen molar-refractivity contribution in [2.24, 2.45) is 22.8 Å². The summed E-state index contributed by atoms with van der Waals surface area (Å²) < 4.78 is 13.3. The van der Waals surface area contributed by atoms with Crippen LogP contribution in [0.4, 0.5) is 5.95 Å². The van der Waals surface area contributed by atoms with Gasteiger partial charge >= 0.3 is 0 Å². The average molecular weight is 455 g/mol. The van der Waals surface area contributed by atoms with E-state index in [9.17, 15) is 9.59 Å². The summed E-state index contributed by atoms with van der Waals surface area (Å²) in [6, 6.07) is 3.42. The van der Waals surface area contributed by atoms with Gasteiger partial charge in [0.1, 0.15) is 5.52 Å². The number of anilines is 1. The van der Waals surface area contributed by atoms with Gasteiger partial charge < -0.3 is 15.2 Å². The molecule has 0 bridgehead atoms. The zero-order valence-electron chi connectivity index (χ0n) is 19.1. The number of nitrogens with zero attached hydrogens (tertiary/aromatic N) is 4. The lowest BCUT2D eigenvalue weighted by atomic mass is 10.1. The minimum Gasteiger partial charge on any atom is -0.490 e. The lowest BCUT2D eigenvalue weighted by Gasteiger charge is -2.17. The molecule has 0 unspecified atom stereocenters. The number of hydrogen-bond donors (Lipinski definition) is 2. The molecule has 2 aromatic rings. The number of fused-ring (bicyclic) bond motifs is 3. The molecule has 3 rings (SSSR count). The molecule has 176 valence electrons. The van der Waals surface area contributed by atoms with Crippen LogP contribution < -0.4 is 26.1 Å². The number of amides is 1. The number of carbonyl (C=O) groups excluding carboxylic acids is 1. The fourth-order valence-electron chi connectivity index (χ4n) is 3.39. The van der Waals surface area contributed by atoms with Gasteiger partial charge in [0.15, 0.2) is 11.5 Å². The summed E-state index contributed by atoms with van der Waals surface area (Å²) in [7, 11) is 1.54. The molecule has 3 N–H and O–H groups in total. The van der Waals surface area contributed by atoms with Crippen molar-refractivity contribution in [1.29, 1.82) is 0 Å². The molecule has 0 saturated heterocycles. The SMILES string of the molecule is C=N/C(N)=N\C=C(/C)C(=O)Nc1nc2c3c(ccc2c(=O)n1C)OCCCCCCCCO3. The predicted octanol–water partition coefficient (Wildman–Crippen LogP) is 2.90.